The molecule has 0 spiro atoms. The number of benzene rings is 2. The Morgan fingerprint density at radius 3 is 2.91 bits per heavy atom. The van der Waals surface area contributed by atoms with Gasteiger partial charge in [0.1, 0.15) is 11.6 Å². The fourth-order valence-corrected chi connectivity index (χ4v) is 2.58. The van der Waals surface area contributed by atoms with E-state index in [9.17, 15) is 9.18 Å². The van der Waals surface area contributed by atoms with Gasteiger partial charge in [-0.15, -0.1) is 0 Å². The van der Waals surface area contributed by atoms with Crippen LogP contribution >= 0.6 is 0 Å². The molecule has 5 heteroatoms. The van der Waals surface area contributed by atoms with Crippen LogP contribution in [0.25, 0.3) is 0 Å². The molecule has 1 N–H and O–H groups in total. The molecule has 0 bridgehead atoms. The molecule has 0 heterocycles. The van der Waals surface area contributed by atoms with Gasteiger partial charge in [-0.05, 0) is 41.7 Å². The van der Waals surface area contributed by atoms with E-state index in [1.807, 2.05) is 24.3 Å². The average Bonchev–Trinajstić information content (AvgIpc) is 3.36. The smallest absolute Gasteiger partial charge is 0.243 e. The number of ether oxygens (including phenoxy) is 1. The molecule has 2 aromatic carbocycles. The van der Waals surface area contributed by atoms with Crippen LogP contribution in [-0.2, 0) is 4.79 Å². The van der Waals surface area contributed by atoms with Crippen molar-refractivity contribution in [3.8, 4) is 5.75 Å². The van der Waals surface area contributed by atoms with Crippen molar-refractivity contribution < 1.29 is 13.9 Å². The highest BCUT2D eigenvalue weighted by molar-refractivity contribution is 5.85. The summed E-state index contributed by atoms with van der Waals surface area (Å²) in [5.41, 5.74) is 3.94. The van der Waals surface area contributed by atoms with Gasteiger partial charge in [-0.3, -0.25) is 4.79 Å². The van der Waals surface area contributed by atoms with Gasteiger partial charge in [0.05, 0.1) is 13.3 Å². The standard InChI is InChI=1S/C18H17FN2O2/c1-23-13-6-4-5-12(9-13)11-20-21-18(22)16-10-15(16)14-7-2-3-8-17(14)19/h2-9,11,15-16H,10H2,1H3,(H,21,22). The summed E-state index contributed by atoms with van der Waals surface area (Å²) in [6.45, 7) is 0. The highest BCUT2D eigenvalue weighted by atomic mass is 19.1. The summed E-state index contributed by atoms with van der Waals surface area (Å²) in [6, 6.07) is 13.9. The molecule has 118 valence electrons. The highest BCUT2D eigenvalue weighted by Gasteiger charge is 2.45. The molecule has 23 heavy (non-hydrogen) atoms. The van der Waals surface area contributed by atoms with Gasteiger partial charge < -0.3 is 4.74 Å². The molecule has 1 aliphatic carbocycles. The number of carbonyl (C=O) groups excluding carboxylic acids is 1. The minimum atomic E-state index is -0.257. The van der Waals surface area contributed by atoms with E-state index in [1.165, 1.54) is 6.07 Å². The molecule has 2 atom stereocenters. The molecule has 1 amide bonds. The van der Waals surface area contributed by atoms with Crippen molar-refractivity contribution in [2.24, 2.45) is 11.0 Å². The lowest BCUT2D eigenvalue weighted by molar-refractivity contribution is -0.122. The topological polar surface area (TPSA) is 50.7 Å². The Morgan fingerprint density at radius 2 is 2.13 bits per heavy atom. The Bertz CT molecular complexity index is 745. The van der Waals surface area contributed by atoms with Gasteiger partial charge in [0.25, 0.3) is 0 Å². The number of amides is 1. The maximum atomic E-state index is 13.7. The van der Waals surface area contributed by atoms with Crippen LogP contribution in [0.15, 0.2) is 53.6 Å². The predicted molar refractivity (Wildman–Crippen MR) is 86.0 cm³/mol. The van der Waals surface area contributed by atoms with Crippen LogP contribution in [0.2, 0.25) is 0 Å². The largest absolute Gasteiger partial charge is 0.497 e. The minimum absolute atomic E-state index is 0.0526. The molecule has 0 aromatic heterocycles. The van der Waals surface area contributed by atoms with Gasteiger partial charge in [0.15, 0.2) is 0 Å². The van der Waals surface area contributed by atoms with E-state index < -0.39 is 0 Å². The van der Waals surface area contributed by atoms with Crippen LogP contribution in [0.4, 0.5) is 4.39 Å². The Balaban J connectivity index is 1.56. The molecule has 2 aromatic rings. The normalized spacial score (nSPS) is 19.6. The summed E-state index contributed by atoms with van der Waals surface area (Å²) in [5, 5.41) is 3.95. The van der Waals surface area contributed by atoms with E-state index in [4.69, 9.17) is 4.74 Å². The summed E-state index contributed by atoms with van der Waals surface area (Å²) < 4.78 is 18.8. The van der Waals surface area contributed by atoms with Crippen LogP contribution < -0.4 is 10.2 Å². The Kier molecular flexibility index (Phi) is 4.37. The van der Waals surface area contributed by atoms with Crippen LogP contribution in [0.1, 0.15) is 23.5 Å². The van der Waals surface area contributed by atoms with E-state index in [0.717, 1.165) is 11.3 Å². The SMILES string of the molecule is COc1cccc(C=NNC(=O)C2CC2c2ccccc2F)c1. The number of hydrogen-bond acceptors (Lipinski definition) is 3. The Hall–Kier alpha value is -2.69. The van der Waals surface area contributed by atoms with Gasteiger partial charge in [-0.2, -0.15) is 5.10 Å². The second-order valence-electron chi connectivity index (χ2n) is 5.48. The fraction of sp³-hybridized carbons (Fsp3) is 0.222. The van der Waals surface area contributed by atoms with Crippen LogP contribution in [0, 0.1) is 11.7 Å². The molecule has 1 aliphatic rings. The van der Waals surface area contributed by atoms with Crippen LogP contribution in [0.3, 0.4) is 0 Å². The van der Waals surface area contributed by atoms with Crippen LogP contribution in [-0.4, -0.2) is 19.2 Å². The quantitative estimate of drug-likeness (QED) is 0.681. The summed E-state index contributed by atoms with van der Waals surface area (Å²) >= 11 is 0. The van der Waals surface area contributed by atoms with Gasteiger partial charge >= 0.3 is 0 Å². The number of hydrogen-bond donors (Lipinski definition) is 1. The number of hydrazone groups is 1. The maximum absolute atomic E-state index is 13.7. The van der Waals surface area contributed by atoms with Crippen molar-refractivity contribution in [3.05, 3.63) is 65.5 Å². The molecular weight excluding hydrogens is 295 g/mol. The van der Waals surface area contributed by atoms with Crippen molar-refractivity contribution in [2.75, 3.05) is 7.11 Å². The van der Waals surface area contributed by atoms with Crippen molar-refractivity contribution in [1.29, 1.82) is 0 Å². The summed E-state index contributed by atoms with van der Waals surface area (Å²) in [5.74, 6) is 0.0183. The number of halogens is 1. The third-order valence-electron chi connectivity index (χ3n) is 3.91. The van der Waals surface area contributed by atoms with Gasteiger partial charge in [-0.1, -0.05) is 30.3 Å². The molecule has 4 nitrogen and oxygen atoms in total. The summed E-state index contributed by atoms with van der Waals surface area (Å²) in [7, 11) is 1.59. The first-order valence-electron chi connectivity index (χ1n) is 7.40. The number of nitrogens with one attached hydrogen (secondary N) is 1. The van der Waals surface area contributed by atoms with E-state index >= 15 is 0 Å². The van der Waals surface area contributed by atoms with E-state index in [0.29, 0.717) is 12.0 Å². The second kappa shape index (κ2) is 6.60. The summed E-state index contributed by atoms with van der Waals surface area (Å²) in [4.78, 5) is 12.0. The first kappa shape index (κ1) is 15.2. The minimum Gasteiger partial charge on any atom is -0.497 e. The molecular formula is C18H17FN2O2. The second-order valence-corrected chi connectivity index (χ2v) is 5.48. The third kappa shape index (κ3) is 3.56. The highest BCUT2D eigenvalue weighted by Crippen LogP contribution is 2.48. The lowest BCUT2D eigenvalue weighted by Crippen LogP contribution is -2.20. The molecule has 1 saturated carbocycles. The number of carbonyl (C=O) groups is 1. The number of rotatable bonds is 5. The Morgan fingerprint density at radius 1 is 1.30 bits per heavy atom. The number of nitrogens with zero attached hydrogens (tertiary/aromatic N) is 1. The first-order valence-corrected chi connectivity index (χ1v) is 7.40. The Labute approximate surface area is 134 Å². The van der Waals surface area contributed by atoms with Gasteiger partial charge in [0.2, 0.25) is 5.91 Å². The van der Waals surface area contributed by atoms with E-state index in [1.54, 1.807) is 31.5 Å². The average molecular weight is 312 g/mol. The summed E-state index contributed by atoms with van der Waals surface area (Å²) in [6.07, 6.45) is 2.21. The molecule has 0 saturated heterocycles. The lowest BCUT2D eigenvalue weighted by atomic mass is 10.1. The first-order chi connectivity index (χ1) is 11.2. The lowest BCUT2D eigenvalue weighted by Gasteiger charge is -2.02. The zero-order chi connectivity index (χ0) is 16.2. The molecule has 3 rings (SSSR count). The zero-order valence-electron chi connectivity index (χ0n) is 12.7. The van der Waals surface area contributed by atoms with Crippen molar-refractivity contribution in [3.63, 3.8) is 0 Å². The van der Waals surface area contributed by atoms with Gasteiger partial charge in [-0.25, -0.2) is 9.82 Å². The number of methoxy groups -OCH3 is 1. The monoisotopic (exact) mass is 312 g/mol. The van der Waals surface area contributed by atoms with Crippen LogP contribution in [0.5, 0.6) is 5.75 Å². The van der Waals surface area contributed by atoms with Crippen molar-refractivity contribution in [1.82, 2.24) is 5.43 Å². The molecule has 0 radical (unpaired) electrons. The van der Waals surface area contributed by atoms with E-state index in [2.05, 4.69) is 10.5 Å². The van der Waals surface area contributed by atoms with Crippen molar-refractivity contribution >= 4 is 12.1 Å². The maximum Gasteiger partial charge on any atom is 0.243 e. The van der Waals surface area contributed by atoms with E-state index in [-0.39, 0.29) is 23.6 Å². The third-order valence-corrected chi connectivity index (χ3v) is 3.91. The fourth-order valence-electron chi connectivity index (χ4n) is 2.58. The van der Waals surface area contributed by atoms with Gasteiger partial charge in [0, 0.05) is 5.92 Å². The molecule has 1 fully saturated rings. The predicted octanol–water partition coefficient (Wildman–Crippen LogP) is 3.09. The zero-order valence-corrected chi connectivity index (χ0v) is 12.7. The van der Waals surface area contributed by atoms with Crippen molar-refractivity contribution in [2.45, 2.75) is 12.3 Å². The molecule has 0 aliphatic heterocycles. The molecule has 2 unspecified atom stereocenters.